The van der Waals surface area contributed by atoms with Crippen LogP contribution in [0.3, 0.4) is 0 Å². The fraction of sp³-hybridized carbons (Fsp3) is 0.571. The number of hydrogen-bond donors (Lipinski definition) is 2. The zero-order valence-electron chi connectivity index (χ0n) is 10.2. The van der Waals surface area contributed by atoms with Gasteiger partial charge in [-0.15, -0.1) is 0 Å². The number of aromatic hydroxyl groups is 1. The van der Waals surface area contributed by atoms with E-state index in [9.17, 15) is 10.2 Å². The number of aliphatic hydroxyl groups is 1. The Morgan fingerprint density at radius 2 is 1.71 bits per heavy atom. The van der Waals surface area contributed by atoms with Crippen LogP contribution in [0.25, 0.3) is 0 Å². The highest BCUT2D eigenvalue weighted by Crippen LogP contribution is 2.41. The van der Waals surface area contributed by atoms with E-state index in [0.717, 1.165) is 31.2 Å². The van der Waals surface area contributed by atoms with Crippen molar-refractivity contribution in [3.05, 3.63) is 29.8 Å². The lowest BCUT2D eigenvalue weighted by atomic mass is 9.79. The molecule has 1 aromatic rings. The molecule has 3 nitrogen and oxygen atoms in total. The van der Waals surface area contributed by atoms with Crippen LogP contribution in [0.15, 0.2) is 24.3 Å². The summed E-state index contributed by atoms with van der Waals surface area (Å²) in [5.74, 6) is 0.261. The Labute approximate surface area is 102 Å². The van der Waals surface area contributed by atoms with Gasteiger partial charge in [-0.2, -0.15) is 0 Å². The second-order valence-corrected chi connectivity index (χ2v) is 4.82. The van der Waals surface area contributed by atoms with E-state index in [1.807, 2.05) is 12.1 Å². The maximum Gasteiger partial charge on any atom is 0.152 e. The van der Waals surface area contributed by atoms with Crippen LogP contribution >= 0.6 is 0 Å². The van der Waals surface area contributed by atoms with Gasteiger partial charge in [-0.05, 0) is 37.5 Å². The molecule has 1 saturated carbocycles. The van der Waals surface area contributed by atoms with Gasteiger partial charge in [0.2, 0.25) is 0 Å². The molecule has 3 heteroatoms. The van der Waals surface area contributed by atoms with Gasteiger partial charge >= 0.3 is 0 Å². The molecule has 0 aromatic heterocycles. The minimum atomic E-state index is -0.762. The topological polar surface area (TPSA) is 49.7 Å². The van der Waals surface area contributed by atoms with Gasteiger partial charge < -0.3 is 14.9 Å². The van der Waals surface area contributed by atoms with Crippen LogP contribution in [0.1, 0.15) is 44.6 Å². The summed E-state index contributed by atoms with van der Waals surface area (Å²) in [6.45, 7) is 1.65. The van der Waals surface area contributed by atoms with Crippen molar-refractivity contribution in [2.75, 3.05) is 0 Å². The molecule has 2 N–H and O–H groups in total. The molecule has 17 heavy (non-hydrogen) atoms. The normalized spacial score (nSPS) is 21.1. The fourth-order valence-electron chi connectivity index (χ4n) is 2.69. The van der Waals surface area contributed by atoms with Crippen LogP contribution in [0.5, 0.6) is 5.75 Å². The molecule has 2 rings (SSSR count). The third-order valence-electron chi connectivity index (χ3n) is 3.45. The molecule has 0 saturated heterocycles. The van der Waals surface area contributed by atoms with E-state index in [1.165, 1.54) is 6.42 Å². The summed E-state index contributed by atoms with van der Waals surface area (Å²) in [6, 6.07) is 7.14. The van der Waals surface area contributed by atoms with Crippen molar-refractivity contribution < 1.29 is 14.9 Å². The van der Waals surface area contributed by atoms with Crippen LogP contribution in [0.2, 0.25) is 0 Å². The molecule has 1 aromatic carbocycles. The Morgan fingerprint density at radius 3 is 2.24 bits per heavy atom. The lowest BCUT2D eigenvalue weighted by Gasteiger charge is -2.38. The predicted molar refractivity (Wildman–Crippen MR) is 65.6 cm³/mol. The Bertz CT molecular complexity index is 350. The Morgan fingerprint density at radius 1 is 1.12 bits per heavy atom. The number of rotatable bonds is 3. The van der Waals surface area contributed by atoms with Crippen molar-refractivity contribution in [1.82, 2.24) is 0 Å². The summed E-state index contributed by atoms with van der Waals surface area (Å²) in [7, 11) is 0. The summed E-state index contributed by atoms with van der Waals surface area (Å²) in [6.07, 6.45) is 4.57. The van der Waals surface area contributed by atoms with Crippen LogP contribution in [-0.4, -0.2) is 16.5 Å². The summed E-state index contributed by atoms with van der Waals surface area (Å²) in [4.78, 5) is 0. The first-order chi connectivity index (χ1) is 8.12. The number of ether oxygens (including phenoxy) is 1. The monoisotopic (exact) mass is 236 g/mol. The molecule has 94 valence electrons. The van der Waals surface area contributed by atoms with E-state index >= 15 is 0 Å². The molecule has 0 amide bonds. The highest BCUT2D eigenvalue weighted by Gasteiger charge is 2.36. The molecule has 0 heterocycles. The van der Waals surface area contributed by atoms with Gasteiger partial charge in [0.15, 0.2) is 6.29 Å². The van der Waals surface area contributed by atoms with E-state index in [-0.39, 0.29) is 11.4 Å². The van der Waals surface area contributed by atoms with Crippen molar-refractivity contribution >= 4 is 0 Å². The van der Waals surface area contributed by atoms with E-state index < -0.39 is 6.29 Å². The molecule has 0 spiro atoms. The van der Waals surface area contributed by atoms with Crippen LogP contribution < -0.4 is 0 Å². The van der Waals surface area contributed by atoms with Crippen LogP contribution in [-0.2, 0) is 10.3 Å². The van der Waals surface area contributed by atoms with Gasteiger partial charge in [0.05, 0.1) is 5.60 Å². The SMILES string of the molecule is CC(O)OC1(c2ccc(O)cc2)CCCCC1. The maximum absolute atomic E-state index is 9.51. The molecule has 1 aliphatic carbocycles. The summed E-state index contributed by atoms with van der Waals surface area (Å²) in [5, 5.41) is 18.8. The van der Waals surface area contributed by atoms with Crippen molar-refractivity contribution in [2.45, 2.75) is 50.9 Å². The maximum atomic E-state index is 9.51. The largest absolute Gasteiger partial charge is 0.508 e. The predicted octanol–water partition coefficient (Wildman–Crippen LogP) is 2.91. The molecule has 0 aliphatic heterocycles. The zero-order valence-corrected chi connectivity index (χ0v) is 10.2. The second kappa shape index (κ2) is 5.07. The molecule has 0 radical (unpaired) electrons. The van der Waals surface area contributed by atoms with Gasteiger partial charge in [0, 0.05) is 0 Å². The van der Waals surface area contributed by atoms with Crippen molar-refractivity contribution in [1.29, 1.82) is 0 Å². The molecule has 1 unspecified atom stereocenters. The van der Waals surface area contributed by atoms with E-state index in [4.69, 9.17) is 4.74 Å². The van der Waals surface area contributed by atoms with Crippen molar-refractivity contribution in [2.24, 2.45) is 0 Å². The van der Waals surface area contributed by atoms with Gasteiger partial charge in [-0.1, -0.05) is 31.4 Å². The summed E-state index contributed by atoms with van der Waals surface area (Å²) < 4.78 is 5.78. The fourth-order valence-corrected chi connectivity index (χ4v) is 2.69. The summed E-state index contributed by atoms with van der Waals surface area (Å²) >= 11 is 0. The first-order valence-corrected chi connectivity index (χ1v) is 6.28. The van der Waals surface area contributed by atoms with E-state index in [2.05, 4.69) is 0 Å². The minimum absolute atomic E-state index is 0.261. The Hall–Kier alpha value is -1.06. The van der Waals surface area contributed by atoms with E-state index in [1.54, 1.807) is 19.1 Å². The molecule has 1 atom stereocenters. The molecule has 1 aliphatic rings. The number of phenolic OH excluding ortho intramolecular Hbond substituents is 1. The zero-order chi connectivity index (χ0) is 12.3. The highest BCUT2D eigenvalue weighted by molar-refractivity contribution is 5.30. The standard InChI is InChI=1S/C14H20O3/c1-11(15)17-14(9-3-2-4-10-14)12-5-7-13(16)8-6-12/h5-8,11,15-16H,2-4,9-10H2,1H3. The van der Waals surface area contributed by atoms with Gasteiger partial charge in [-0.25, -0.2) is 0 Å². The van der Waals surface area contributed by atoms with Crippen molar-refractivity contribution in [3.63, 3.8) is 0 Å². The van der Waals surface area contributed by atoms with Crippen LogP contribution in [0.4, 0.5) is 0 Å². The highest BCUT2D eigenvalue weighted by atomic mass is 16.6. The average molecular weight is 236 g/mol. The molecule has 0 bridgehead atoms. The Kier molecular flexibility index (Phi) is 3.69. The lowest BCUT2D eigenvalue weighted by Crippen LogP contribution is -2.35. The smallest absolute Gasteiger partial charge is 0.152 e. The average Bonchev–Trinajstić information content (AvgIpc) is 2.30. The minimum Gasteiger partial charge on any atom is -0.508 e. The van der Waals surface area contributed by atoms with Gasteiger partial charge in [0.1, 0.15) is 5.75 Å². The van der Waals surface area contributed by atoms with Gasteiger partial charge in [0.25, 0.3) is 0 Å². The lowest BCUT2D eigenvalue weighted by molar-refractivity contribution is -0.193. The van der Waals surface area contributed by atoms with Crippen molar-refractivity contribution in [3.8, 4) is 5.75 Å². The molecular formula is C14H20O3. The Balaban J connectivity index is 2.28. The quantitative estimate of drug-likeness (QED) is 0.793. The third-order valence-corrected chi connectivity index (χ3v) is 3.45. The second-order valence-electron chi connectivity index (χ2n) is 4.82. The molecule has 1 fully saturated rings. The number of benzene rings is 1. The first-order valence-electron chi connectivity index (χ1n) is 6.28. The number of aliphatic hydroxyl groups excluding tert-OH is 1. The van der Waals surface area contributed by atoms with Gasteiger partial charge in [-0.3, -0.25) is 0 Å². The van der Waals surface area contributed by atoms with Crippen LogP contribution in [0, 0.1) is 0 Å². The first kappa shape index (κ1) is 12.4. The number of phenols is 1. The third kappa shape index (κ3) is 2.79. The molecular weight excluding hydrogens is 216 g/mol. The summed E-state index contributed by atoms with van der Waals surface area (Å²) in [5.41, 5.74) is 0.677. The number of hydrogen-bond acceptors (Lipinski definition) is 3. The van der Waals surface area contributed by atoms with E-state index in [0.29, 0.717) is 0 Å².